The third-order valence-electron chi connectivity index (χ3n) is 2.47. The van der Waals surface area contributed by atoms with Crippen molar-refractivity contribution in [3.63, 3.8) is 0 Å². The van der Waals surface area contributed by atoms with Crippen molar-refractivity contribution in [1.29, 1.82) is 0 Å². The lowest BCUT2D eigenvalue weighted by Crippen LogP contribution is -2.15. The van der Waals surface area contributed by atoms with Gasteiger partial charge in [0.2, 0.25) is 0 Å². The number of hydrogen-bond acceptors (Lipinski definition) is 5. The molecule has 0 saturated carbocycles. The highest BCUT2D eigenvalue weighted by Gasteiger charge is 2.25. The molecule has 0 saturated heterocycles. The number of carbonyl (C=O) groups is 1. The molecular weight excluding hydrogens is 260 g/mol. The molecular formula is C10H10N2O5S. The number of nitrogens with zero attached hydrogens (tertiary/aromatic N) is 2. The molecule has 1 aliphatic heterocycles. The normalized spacial score (nSPS) is 15.6. The molecule has 8 heteroatoms. The van der Waals surface area contributed by atoms with Crippen molar-refractivity contribution in [3.8, 4) is 0 Å². The third-order valence-corrected chi connectivity index (χ3v) is 3.37. The summed E-state index contributed by atoms with van der Waals surface area (Å²) < 4.78 is 31.5. The highest BCUT2D eigenvalue weighted by atomic mass is 32.2. The highest BCUT2D eigenvalue weighted by Crippen LogP contribution is 2.27. The number of aliphatic carboxylic acids is 1. The van der Waals surface area contributed by atoms with Crippen LogP contribution >= 0.6 is 0 Å². The lowest BCUT2D eigenvalue weighted by atomic mass is 10.3. The molecule has 0 spiro atoms. The SMILES string of the molecule is O=C(O)C1=NN(c2ccccc2S(=O)(=O)O)CC1. The first kappa shape index (κ1) is 12.5. The Morgan fingerprint density at radius 1 is 1.33 bits per heavy atom. The second-order valence-electron chi connectivity index (χ2n) is 3.67. The Labute approximate surface area is 103 Å². The maximum atomic E-state index is 11.2. The summed E-state index contributed by atoms with van der Waals surface area (Å²) in [6, 6.07) is 5.74. The fraction of sp³-hybridized carbons (Fsp3) is 0.200. The third kappa shape index (κ3) is 2.34. The molecule has 1 aromatic rings. The van der Waals surface area contributed by atoms with Crippen LogP contribution in [-0.2, 0) is 14.9 Å². The summed E-state index contributed by atoms with van der Waals surface area (Å²) in [4.78, 5) is 10.4. The number of hydrogen-bond donors (Lipinski definition) is 2. The van der Waals surface area contributed by atoms with Gasteiger partial charge in [0.15, 0.2) is 0 Å². The van der Waals surface area contributed by atoms with Gasteiger partial charge in [-0.05, 0) is 12.1 Å². The summed E-state index contributed by atoms with van der Waals surface area (Å²) in [6.07, 6.45) is 0.217. The van der Waals surface area contributed by atoms with E-state index >= 15 is 0 Å². The lowest BCUT2D eigenvalue weighted by Gasteiger charge is -2.15. The average molecular weight is 270 g/mol. The largest absolute Gasteiger partial charge is 0.477 e. The van der Waals surface area contributed by atoms with E-state index in [1.54, 1.807) is 6.07 Å². The van der Waals surface area contributed by atoms with E-state index < -0.39 is 16.1 Å². The fourth-order valence-corrected chi connectivity index (χ4v) is 2.36. The molecule has 0 fully saturated rings. The first-order chi connectivity index (χ1) is 8.39. The minimum Gasteiger partial charge on any atom is -0.477 e. The van der Waals surface area contributed by atoms with Crippen LogP contribution in [-0.4, -0.2) is 36.3 Å². The number of para-hydroxylation sites is 1. The van der Waals surface area contributed by atoms with Gasteiger partial charge in [0.25, 0.3) is 10.1 Å². The zero-order chi connectivity index (χ0) is 13.3. The highest BCUT2D eigenvalue weighted by molar-refractivity contribution is 7.86. The van der Waals surface area contributed by atoms with Gasteiger partial charge in [-0.25, -0.2) is 4.79 Å². The van der Waals surface area contributed by atoms with E-state index in [1.165, 1.54) is 23.2 Å². The number of carboxylic acids is 1. The summed E-state index contributed by atoms with van der Waals surface area (Å²) in [5, 5.41) is 13.8. The summed E-state index contributed by atoms with van der Waals surface area (Å²) in [7, 11) is -4.37. The van der Waals surface area contributed by atoms with Crippen LogP contribution in [0.25, 0.3) is 0 Å². The van der Waals surface area contributed by atoms with E-state index in [4.69, 9.17) is 9.66 Å². The summed E-state index contributed by atoms with van der Waals surface area (Å²) >= 11 is 0. The van der Waals surface area contributed by atoms with E-state index in [2.05, 4.69) is 5.10 Å². The maximum Gasteiger partial charge on any atom is 0.352 e. The van der Waals surface area contributed by atoms with E-state index in [9.17, 15) is 13.2 Å². The first-order valence-corrected chi connectivity index (χ1v) is 6.48. The molecule has 0 bridgehead atoms. The van der Waals surface area contributed by atoms with Gasteiger partial charge in [-0.3, -0.25) is 9.56 Å². The lowest BCUT2D eigenvalue weighted by molar-refractivity contribution is -0.129. The molecule has 1 aromatic carbocycles. The predicted octanol–water partition coefficient (Wildman–Crippen LogP) is 0.584. The molecule has 0 amide bonds. The summed E-state index contributed by atoms with van der Waals surface area (Å²) in [6.45, 7) is 0.258. The van der Waals surface area contributed by atoms with Gasteiger partial charge >= 0.3 is 5.97 Å². The van der Waals surface area contributed by atoms with Crippen LogP contribution in [0.15, 0.2) is 34.3 Å². The van der Waals surface area contributed by atoms with Crippen LogP contribution in [0.5, 0.6) is 0 Å². The number of carboxylic acid groups (broad SMARTS) is 1. The van der Waals surface area contributed by atoms with Gasteiger partial charge in [-0.1, -0.05) is 12.1 Å². The number of hydrazone groups is 1. The molecule has 0 aromatic heterocycles. The van der Waals surface area contributed by atoms with Crippen molar-refractivity contribution >= 4 is 27.5 Å². The Balaban J connectivity index is 2.45. The van der Waals surface area contributed by atoms with Crippen LogP contribution in [0.4, 0.5) is 5.69 Å². The predicted molar refractivity (Wildman–Crippen MR) is 63.3 cm³/mol. The number of benzene rings is 1. The Kier molecular flexibility index (Phi) is 3.05. The van der Waals surface area contributed by atoms with Crippen molar-refractivity contribution in [1.82, 2.24) is 0 Å². The Morgan fingerprint density at radius 2 is 2.00 bits per heavy atom. The van der Waals surface area contributed by atoms with Crippen molar-refractivity contribution in [2.24, 2.45) is 5.10 Å². The molecule has 0 aliphatic carbocycles. The average Bonchev–Trinajstić information content (AvgIpc) is 2.77. The molecule has 0 radical (unpaired) electrons. The van der Waals surface area contributed by atoms with Crippen LogP contribution in [0.2, 0.25) is 0 Å². The molecule has 96 valence electrons. The summed E-state index contributed by atoms with van der Waals surface area (Å²) in [5.74, 6) is -1.14. The van der Waals surface area contributed by atoms with E-state index in [-0.39, 0.29) is 29.3 Å². The monoisotopic (exact) mass is 270 g/mol. The molecule has 0 atom stereocenters. The standard InChI is InChI=1S/C10H10N2O5S/c13-10(14)7-5-6-12(11-7)8-3-1-2-4-9(8)18(15,16)17/h1-4H,5-6H2,(H,13,14)(H,15,16,17). The first-order valence-electron chi connectivity index (χ1n) is 5.04. The van der Waals surface area contributed by atoms with Crippen molar-refractivity contribution < 1.29 is 22.9 Å². The van der Waals surface area contributed by atoms with Gasteiger partial charge in [-0.15, -0.1) is 0 Å². The van der Waals surface area contributed by atoms with Crippen LogP contribution < -0.4 is 5.01 Å². The molecule has 2 N–H and O–H groups in total. The molecule has 18 heavy (non-hydrogen) atoms. The second-order valence-corrected chi connectivity index (χ2v) is 5.06. The smallest absolute Gasteiger partial charge is 0.352 e. The van der Waals surface area contributed by atoms with Gasteiger partial charge in [0.1, 0.15) is 10.6 Å². The van der Waals surface area contributed by atoms with E-state index in [1.807, 2.05) is 0 Å². The number of rotatable bonds is 3. The topological polar surface area (TPSA) is 107 Å². The van der Waals surface area contributed by atoms with Gasteiger partial charge in [0.05, 0.1) is 5.69 Å². The van der Waals surface area contributed by atoms with Crippen LogP contribution in [0.1, 0.15) is 6.42 Å². The maximum absolute atomic E-state index is 11.2. The van der Waals surface area contributed by atoms with Crippen LogP contribution in [0, 0.1) is 0 Å². The molecule has 1 aliphatic rings. The van der Waals surface area contributed by atoms with Crippen molar-refractivity contribution in [2.45, 2.75) is 11.3 Å². The number of anilines is 1. The Bertz CT molecular complexity index is 623. The summed E-state index contributed by atoms with van der Waals surface area (Å²) in [5.41, 5.74) is 0.122. The van der Waals surface area contributed by atoms with Crippen molar-refractivity contribution in [2.75, 3.05) is 11.6 Å². The zero-order valence-electron chi connectivity index (χ0n) is 9.15. The van der Waals surface area contributed by atoms with Crippen molar-refractivity contribution in [3.05, 3.63) is 24.3 Å². The Hall–Kier alpha value is -1.93. The minimum atomic E-state index is -4.37. The minimum absolute atomic E-state index is 0.0415. The molecule has 7 nitrogen and oxygen atoms in total. The van der Waals surface area contributed by atoms with Gasteiger partial charge < -0.3 is 5.11 Å². The van der Waals surface area contributed by atoms with Crippen LogP contribution in [0.3, 0.4) is 0 Å². The Morgan fingerprint density at radius 3 is 2.56 bits per heavy atom. The van der Waals surface area contributed by atoms with E-state index in [0.717, 1.165) is 0 Å². The van der Waals surface area contributed by atoms with Gasteiger partial charge in [-0.2, -0.15) is 13.5 Å². The zero-order valence-corrected chi connectivity index (χ0v) is 9.96. The second kappa shape index (κ2) is 4.39. The molecule has 1 heterocycles. The fourth-order valence-electron chi connectivity index (χ4n) is 1.67. The quantitative estimate of drug-likeness (QED) is 0.778. The van der Waals surface area contributed by atoms with Gasteiger partial charge in [0, 0.05) is 13.0 Å². The molecule has 0 unspecified atom stereocenters. The van der Waals surface area contributed by atoms with E-state index in [0.29, 0.717) is 0 Å². The molecule has 2 rings (SSSR count).